The lowest BCUT2D eigenvalue weighted by molar-refractivity contribution is -0.113. The number of ether oxygens (including phenoxy) is 2. The van der Waals surface area contributed by atoms with E-state index in [2.05, 4.69) is 38.5 Å². The number of amides is 1. The van der Waals surface area contributed by atoms with E-state index >= 15 is 0 Å². The molecule has 0 saturated carbocycles. The van der Waals surface area contributed by atoms with Crippen molar-refractivity contribution in [1.29, 1.82) is 0 Å². The number of benzene rings is 3. The van der Waals surface area contributed by atoms with Gasteiger partial charge in [-0.2, -0.15) is 0 Å². The summed E-state index contributed by atoms with van der Waals surface area (Å²) in [5.74, 6) is 1.000. The first-order valence-corrected chi connectivity index (χ1v) is 13.6. The smallest absolute Gasteiger partial charge is 0.270 e. The Bertz CT molecular complexity index is 1320. The molecular weight excluding hydrogens is 692 g/mol. The summed E-state index contributed by atoms with van der Waals surface area (Å²) >= 11 is 24.4. The fourth-order valence-electron chi connectivity index (χ4n) is 3.17. The van der Waals surface area contributed by atoms with Crippen LogP contribution in [0.4, 0.5) is 5.69 Å². The average molecular weight is 707 g/mol. The minimum absolute atomic E-state index is 0.203. The first kappa shape index (κ1) is 25.8. The second kappa shape index (κ2) is 11.2. The summed E-state index contributed by atoms with van der Waals surface area (Å²) < 4.78 is 13.7. The Morgan fingerprint density at radius 3 is 2.56 bits per heavy atom. The lowest BCUT2D eigenvalue weighted by atomic mass is 10.1. The van der Waals surface area contributed by atoms with Crippen LogP contribution in [0.2, 0.25) is 10.0 Å². The Kier molecular flexibility index (Phi) is 8.48. The monoisotopic (exact) mass is 705 g/mol. The van der Waals surface area contributed by atoms with Crippen LogP contribution in [-0.4, -0.2) is 17.3 Å². The zero-order valence-electron chi connectivity index (χ0n) is 17.5. The molecule has 4 nitrogen and oxygen atoms in total. The Morgan fingerprint density at radius 2 is 1.88 bits per heavy atom. The molecular formula is C24H15BrCl2INO3S2. The highest BCUT2D eigenvalue weighted by molar-refractivity contribution is 14.1. The van der Waals surface area contributed by atoms with Crippen molar-refractivity contribution in [1.82, 2.24) is 0 Å². The quantitative estimate of drug-likeness (QED) is 0.146. The molecule has 4 rings (SSSR count). The predicted octanol–water partition coefficient (Wildman–Crippen LogP) is 8.35. The number of hydrogen-bond acceptors (Lipinski definition) is 5. The summed E-state index contributed by atoms with van der Waals surface area (Å²) in [5.41, 5.74) is 2.41. The molecule has 0 spiro atoms. The molecule has 174 valence electrons. The highest BCUT2D eigenvalue weighted by Crippen LogP contribution is 2.40. The van der Waals surface area contributed by atoms with Gasteiger partial charge in [0.1, 0.15) is 6.61 Å². The van der Waals surface area contributed by atoms with Crippen LogP contribution in [0.1, 0.15) is 11.1 Å². The molecule has 10 heteroatoms. The van der Waals surface area contributed by atoms with E-state index in [1.165, 1.54) is 16.7 Å². The molecule has 0 N–H and O–H groups in total. The Morgan fingerprint density at radius 1 is 1.15 bits per heavy atom. The topological polar surface area (TPSA) is 38.8 Å². The molecule has 1 saturated heterocycles. The van der Waals surface area contributed by atoms with E-state index < -0.39 is 0 Å². The molecule has 0 aromatic heterocycles. The molecule has 0 unspecified atom stereocenters. The van der Waals surface area contributed by atoms with Crippen molar-refractivity contribution < 1.29 is 14.3 Å². The van der Waals surface area contributed by atoms with Crippen LogP contribution in [0.3, 0.4) is 0 Å². The van der Waals surface area contributed by atoms with E-state index in [9.17, 15) is 4.79 Å². The van der Waals surface area contributed by atoms with Gasteiger partial charge in [-0.25, -0.2) is 0 Å². The van der Waals surface area contributed by atoms with Crippen molar-refractivity contribution in [3.63, 3.8) is 0 Å². The first-order chi connectivity index (χ1) is 16.3. The summed E-state index contributed by atoms with van der Waals surface area (Å²) in [7, 11) is 1.58. The molecule has 1 heterocycles. The molecule has 1 fully saturated rings. The summed E-state index contributed by atoms with van der Waals surface area (Å²) in [6.45, 7) is 0.372. The van der Waals surface area contributed by atoms with Gasteiger partial charge in [0.25, 0.3) is 5.91 Å². The van der Waals surface area contributed by atoms with Gasteiger partial charge in [-0.05, 0) is 98.2 Å². The molecule has 0 atom stereocenters. The van der Waals surface area contributed by atoms with Gasteiger partial charge in [-0.1, -0.05) is 59.3 Å². The fourth-order valence-corrected chi connectivity index (χ4v) is 5.79. The summed E-state index contributed by atoms with van der Waals surface area (Å²) in [6.07, 6.45) is 1.80. The van der Waals surface area contributed by atoms with Crippen LogP contribution in [0.5, 0.6) is 11.5 Å². The van der Waals surface area contributed by atoms with E-state index in [1.807, 2.05) is 36.4 Å². The molecule has 0 aliphatic carbocycles. The summed E-state index contributed by atoms with van der Waals surface area (Å²) in [4.78, 5) is 15.1. The highest BCUT2D eigenvalue weighted by atomic mass is 127. The van der Waals surface area contributed by atoms with Crippen LogP contribution in [-0.2, 0) is 11.4 Å². The van der Waals surface area contributed by atoms with Crippen LogP contribution >= 0.6 is 85.7 Å². The van der Waals surface area contributed by atoms with Gasteiger partial charge < -0.3 is 9.47 Å². The molecule has 3 aromatic rings. The molecule has 1 aliphatic heterocycles. The maximum atomic E-state index is 13.1. The van der Waals surface area contributed by atoms with Gasteiger partial charge >= 0.3 is 0 Å². The van der Waals surface area contributed by atoms with Crippen molar-refractivity contribution in [2.24, 2.45) is 0 Å². The molecule has 1 amide bonds. The van der Waals surface area contributed by atoms with E-state index in [4.69, 9.17) is 44.9 Å². The third-order valence-electron chi connectivity index (χ3n) is 4.80. The number of thiocarbonyl (C=S) groups is 1. The minimum Gasteiger partial charge on any atom is -0.493 e. The van der Waals surface area contributed by atoms with Gasteiger partial charge in [-0.15, -0.1) is 0 Å². The van der Waals surface area contributed by atoms with E-state index in [-0.39, 0.29) is 5.91 Å². The second-order valence-electron chi connectivity index (χ2n) is 7.06. The average Bonchev–Trinajstić information content (AvgIpc) is 3.08. The standard InChI is InChI=1S/C24H15BrCl2INO3S2/c1-31-20-9-14(8-19(28)22(20)32-12-13-2-4-15(26)5-3-13)10-21-23(30)29(24(33)34-21)16-6-7-17(25)18(27)11-16/h2-11H,12H2,1H3/b21-10+. The zero-order valence-corrected chi connectivity index (χ0v) is 24.4. The Labute approximate surface area is 238 Å². The van der Waals surface area contributed by atoms with Gasteiger partial charge in [-0.3, -0.25) is 9.69 Å². The van der Waals surface area contributed by atoms with Gasteiger partial charge in [0.15, 0.2) is 15.8 Å². The van der Waals surface area contributed by atoms with Crippen LogP contribution in [0.15, 0.2) is 64.0 Å². The maximum Gasteiger partial charge on any atom is 0.270 e. The first-order valence-electron chi connectivity index (χ1n) is 9.74. The van der Waals surface area contributed by atoms with Crippen LogP contribution in [0.25, 0.3) is 6.08 Å². The van der Waals surface area contributed by atoms with Crippen molar-refractivity contribution in [2.75, 3.05) is 12.0 Å². The Hall–Kier alpha value is -1.30. The molecule has 34 heavy (non-hydrogen) atoms. The maximum absolute atomic E-state index is 13.1. The number of thioether (sulfide) groups is 1. The number of nitrogens with zero attached hydrogens (tertiary/aromatic N) is 1. The van der Waals surface area contributed by atoms with Crippen molar-refractivity contribution >= 4 is 108 Å². The molecule has 0 bridgehead atoms. The Balaban J connectivity index is 1.58. The van der Waals surface area contributed by atoms with Crippen molar-refractivity contribution in [3.8, 4) is 11.5 Å². The van der Waals surface area contributed by atoms with Crippen molar-refractivity contribution in [3.05, 3.63) is 88.7 Å². The van der Waals surface area contributed by atoms with E-state index in [1.54, 1.807) is 31.4 Å². The van der Waals surface area contributed by atoms with Gasteiger partial charge in [0, 0.05) is 9.50 Å². The number of carbonyl (C=O) groups excluding carboxylic acids is 1. The lowest BCUT2D eigenvalue weighted by Gasteiger charge is -2.15. The van der Waals surface area contributed by atoms with Gasteiger partial charge in [0.05, 0.1) is 26.3 Å². The molecule has 1 aliphatic rings. The third-order valence-corrected chi connectivity index (χ3v) is 8.39. The third kappa shape index (κ3) is 5.74. The number of methoxy groups -OCH3 is 1. The van der Waals surface area contributed by atoms with Crippen molar-refractivity contribution in [2.45, 2.75) is 6.61 Å². The van der Waals surface area contributed by atoms with Gasteiger partial charge in [0.2, 0.25) is 0 Å². The van der Waals surface area contributed by atoms with E-state index in [0.717, 1.165) is 19.2 Å². The lowest BCUT2D eigenvalue weighted by Crippen LogP contribution is -2.27. The number of hydrogen-bond donors (Lipinski definition) is 0. The predicted molar refractivity (Wildman–Crippen MR) is 156 cm³/mol. The number of halogens is 4. The summed E-state index contributed by atoms with van der Waals surface area (Å²) in [6, 6.07) is 16.5. The number of rotatable bonds is 6. The number of carbonyl (C=O) groups is 1. The minimum atomic E-state index is -0.203. The molecule has 0 radical (unpaired) electrons. The summed E-state index contributed by atoms with van der Waals surface area (Å²) in [5, 5.41) is 1.18. The highest BCUT2D eigenvalue weighted by Gasteiger charge is 2.33. The SMILES string of the molecule is COc1cc(/C=C2/SC(=S)N(c3ccc(Br)c(Cl)c3)C2=O)cc(I)c1OCc1ccc(Cl)cc1. The van der Waals surface area contributed by atoms with E-state index in [0.29, 0.717) is 43.1 Å². The largest absolute Gasteiger partial charge is 0.493 e. The zero-order chi connectivity index (χ0) is 24.4. The number of anilines is 1. The normalized spacial score (nSPS) is 14.7. The fraction of sp³-hybridized carbons (Fsp3) is 0.0833. The second-order valence-corrected chi connectivity index (χ2v) is 11.6. The van der Waals surface area contributed by atoms with Crippen LogP contribution in [0, 0.1) is 3.57 Å². The molecule has 3 aromatic carbocycles. The van der Waals surface area contributed by atoms with Crippen LogP contribution < -0.4 is 14.4 Å².